The summed E-state index contributed by atoms with van der Waals surface area (Å²) in [6.45, 7) is 2.46. The Bertz CT molecular complexity index is 355. The number of carbonyl (C=O) groups excluding carboxylic acids is 1. The van der Waals surface area contributed by atoms with E-state index < -0.39 is 0 Å². The molecular formula is C11H18N4O. The zero-order valence-electron chi connectivity index (χ0n) is 9.57. The minimum Gasteiger partial charge on any atom is -0.355 e. The van der Waals surface area contributed by atoms with Gasteiger partial charge in [0.15, 0.2) is 0 Å². The summed E-state index contributed by atoms with van der Waals surface area (Å²) in [7, 11) is 1.91. The van der Waals surface area contributed by atoms with Crippen LogP contribution in [0.4, 0.5) is 0 Å². The van der Waals surface area contributed by atoms with Crippen molar-refractivity contribution in [1.29, 1.82) is 0 Å². The fourth-order valence-electron chi connectivity index (χ4n) is 1.98. The quantitative estimate of drug-likeness (QED) is 0.734. The van der Waals surface area contributed by atoms with Crippen LogP contribution in [-0.4, -0.2) is 35.3 Å². The fraction of sp³-hybridized carbons (Fsp3) is 0.636. The first-order valence-corrected chi connectivity index (χ1v) is 5.72. The number of aromatic nitrogens is 2. The van der Waals surface area contributed by atoms with Crippen molar-refractivity contribution in [3.63, 3.8) is 0 Å². The first kappa shape index (κ1) is 11.1. The largest absolute Gasteiger partial charge is 0.355 e. The molecule has 0 radical (unpaired) electrons. The van der Waals surface area contributed by atoms with Gasteiger partial charge in [-0.25, -0.2) is 0 Å². The fourth-order valence-corrected chi connectivity index (χ4v) is 1.98. The van der Waals surface area contributed by atoms with Gasteiger partial charge in [0.25, 0.3) is 0 Å². The van der Waals surface area contributed by atoms with Gasteiger partial charge in [0.05, 0.1) is 5.92 Å². The Balaban J connectivity index is 1.71. The van der Waals surface area contributed by atoms with Crippen LogP contribution < -0.4 is 10.6 Å². The normalized spacial score (nSPS) is 19.9. The molecule has 1 aliphatic rings. The standard InChI is InChI=1S/C11H18N4O/c1-15-10(4-7-14-15)3-6-13-11(16)9-2-5-12-8-9/h4,7,9,12H,2-3,5-6,8H2,1H3,(H,13,16). The Kier molecular flexibility index (Phi) is 3.56. The molecule has 1 aromatic heterocycles. The van der Waals surface area contributed by atoms with Gasteiger partial charge in [-0.1, -0.05) is 0 Å². The van der Waals surface area contributed by atoms with E-state index in [9.17, 15) is 4.79 Å². The third-order valence-electron chi connectivity index (χ3n) is 3.03. The van der Waals surface area contributed by atoms with Gasteiger partial charge in [0.1, 0.15) is 0 Å². The minimum atomic E-state index is 0.159. The third-order valence-corrected chi connectivity index (χ3v) is 3.03. The second kappa shape index (κ2) is 5.12. The van der Waals surface area contributed by atoms with Crippen LogP contribution >= 0.6 is 0 Å². The first-order valence-electron chi connectivity index (χ1n) is 5.72. The van der Waals surface area contributed by atoms with Gasteiger partial charge in [-0.15, -0.1) is 0 Å². The van der Waals surface area contributed by atoms with E-state index >= 15 is 0 Å². The van der Waals surface area contributed by atoms with Gasteiger partial charge in [-0.3, -0.25) is 9.48 Å². The minimum absolute atomic E-state index is 0.159. The number of hydrogen-bond acceptors (Lipinski definition) is 3. The molecule has 1 saturated heterocycles. The van der Waals surface area contributed by atoms with E-state index in [4.69, 9.17) is 0 Å². The molecule has 1 aliphatic heterocycles. The van der Waals surface area contributed by atoms with Crippen LogP contribution in [0.3, 0.4) is 0 Å². The molecule has 88 valence electrons. The van der Waals surface area contributed by atoms with Crippen molar-refractivity contribution in [3.05, 3.63) is 18.0 Å². The number of amides is 1. The maximum absolute atomic E-state index is 11.7. The van der Waals surface area contributed by atoms with E-state index in [1.54, 1.807) is 6.20 Å². The lowest BCUT2D eigenvalue weighted by molar-refractivity contribution is -0.124. The lowest BCUT2D eigenvalue weighted by Crippen LogP contribution is -2.33. The molecule has 1 aromatic rings. The van der Waals surface area contributed by atoms with E-state index in [1.165, 1.54) is 0 Å². The van der Waals surface area contributed by atoms with Crippen molar-refractivity contribution in [3.8, 4) is 0 Å². The Morgan fingerprint density at radius 2 is 2.62 bits per heavy atom. The number of carbonyl (C=O) groups is 1. The van der Waals surface area contributed by atoms with Crippen LogP contribution in [0.2, 0.25) is 0 Å². The lowest BCUT2D eigenvalue weighted by Gasteiger charge is -2.09. The zero-order valence-corrected chi connectivity index (χ0v) is 9.57. The highest BCUT2D eigenvalue weighted by molar-refractivity contribution is 5.79. The Hall–Kier alpha value is -1.36. The van der Waals surface area contributed by atoms with Gasteiger partial charge in [0.2, 0.25) is 5.91 Å². The molecule has 1 atom stereocenters. The highest BCUT2D eigenvalue weighted by Gasteiger charge is 2.21. The Morgan fingerprint density at radius 3 is 3.25 bits per heavy atom. The number of nitrogens with one attached hydrogen (secondary N) is 2. The maximum Gasteiger partial charge on any atom is 0.224 e. The highest BCUT2D eigenvalue weighted by atomic mass is 16.1. The van der Waals surface area contributed by atoms with Crippen molar-refractivity contribution in [2.45, 2.75) is 12.8 Å². The lowest BCUT2D eigenvalue weighted by atomic mass is 10.1. The van der Waals surface area contributed by atoms with E-state index in [0.717, 1.165) is 31.6 Å². The summed E-state index contributed by atoms with van der Waals surface area (Å²) in [5, 5.41) is 10.2. The van der Waals surface area contributed by atoms with Crippen molar-refractivity contribution in [2.24, 2.45) is 13.0 Å². The van der Waals surface area contributed by atoms with E-state index in [1.807, 2.05) is 17.8 Å². The summed E-state index contributed by atoms with van der Waals surface area (Å²) < 4.78 is 1.84. The van der Waals surface area contributed by atoms with Crippen LogP contribution in [0.15, 0.2) is 12.3 Å². The Morgan fingerprint density at radius 1 is 1.75 bits per heavy atom. The van der Waals surface area contributed by atoms with Gasteiger partial charge in [-0.05, 0) is 19.0 Å². The average Bonchev–Trinajstić information content (AvgIpc) is 2.90. The van der Waals surface area contributed by atoms with Gasteiger partial charge in [-0.2, -0.15) is 5.10 Å². The predicted molar refractivity (Wildman–Crippen MR) is 60.9 cm³/mol. The molecule has 2 rings (SSSR count). The number of aryl methyl sites for hydroxylation is 1. The van der Waals surface area contributed by atoms with Crippen molar-refractivity contribution in [2.75, 3.05) is 19.6 Å². The Labute approximate surface area is 95.2 Å². The summed E-state index contributed by atoms with van der Waals surface area (Å²) in [5.74, 6) is 0.332. The summed E-state index contributed by atoms with van der Waals surface area (Å²) in [6.07, 6.45) is 3.57. The highest BCUT2D eigenvalue weighted by Crippen LogP contribution is 2.06. The number of nitrogens with zero attached hydrogens (tertiary/aromatic N) is 2. The molecule has 2 heterocycles. The summed E-state index contributed by atoms with van der Waals surface area (Å²) in [6, 6.07) is 1.98. The second-order valence-electron chi connectivity index (χ2n) is 4.18. The molecule has 16 heavy (non-hydrogen) atoms. The average molecular weight is 222 g/mol. The zero-order chi connectivity index (χ0) is 11.4. The molecule has 0 aliphatic carbocycles. The van der Waals surface area contributed by atoms with Crippen LogP contribution in [-0.2, 0) is 18.3 Å². The maximum atomic E-state index is 11.7. The SMILES string of the molecule is Cn1nccc1CCNC(=O)C1CCNC1. The number of rotatable bonds is 4. The van der Waals surface area contributed by atoms with E-state index in [2.05, 4.69) is 15.7 Å². The van der Waals surface area contributed by atoms with Gasteiger partial charge in [0, 0.05) is 38.4 Å². The van der Waals surface area contributed by atoms with Crippen molar-refractivity contribution >= 4 is 5.91 Å². The molecular weight excluding hydrogens is 204 g/mol. The molecule has 0 spiro atoms. The van der Waals surface area contributed by atoms with Crippen molar-refractivity contribution in [1.82, 2.24) is 20.4 Å². The molecule has 0 aromatic carbocycles. The number of hydrogen-bond donors (Lipinski definition) is 2. The molecule has 5 nitrogen and oxygen atoms in total. The molecule has 0 saturated carbocycles. The third kappa shape index (κ3) is 2.61. The van der Waals surface area contributed by atoms with Gasteiger partial charge < -0.3 is 10.6 Å². The van der Waals surface area contributed by atoms with Gasteiger partial charge >= 0.3 is 0 Å². The molecule has 0 bridgehead atoms. The molecule has 1 fully saturated rings. The topological polar surface area (TPSA) is 59.0 Å². The molecule has 1 amide bonds. The second-order valence-corrected chi connectivity index (χ2v) is 4.18. The van der Waals surface area contributed by atoms with Crippen LogP contribution in [0.5, 0.6) is 0 Å². The predicted octanol–water partition coefficient (Wildman–Crippen LogP) is -0.312. The molecule has 2 N–H and O–H groups in total. The van der Waals surface area contributed by atoms with E-state index in [-0.39, 0.29) is 11.8 Å². The summed E-state index contributed by atoms with van der Waals surface area (Å²) in [5.41, 5.74) is 1.14. The first-order chi connectivity index (χ1) is 7.77. The van der Waals surface area contributed by atoms with Crippen LogP contribution in [0, 0.1) is 5.92 Å². The molecule has 5 heteroatoms. The van der Waals surface area contributed by atoms with Crippen molar-refractivity contribution < 1.29 is 4.79 Å². The van der Waals surface area contributed by atoms with Crippen LogP contribution in [0.25, 0.3) is 0 Å². The van der Waals surface area contributed by atoms with Crippen LogP contribution in [0.1, 0.15) is 12.1 Å². The summed E-state index contributed by atoms with van der Waals surface area (Å²) in [4.78, 5) is 11.7. The summed E-state index contributed by atoms with van der Waals surface area (Å²) >= 11 is 0. The monoisotopic (exact) mass is 222 g/mol. The molecule has 1 unspecified atom stereocenters. The van der Waals surface area contributed by atoms with E-state index in [0.29, 0.717) is 6.54 Å². The smallest absolute Gasteiger partial charge is 0.224 e.